The van der Waals surface area contributed by atoms with Crippen LogP contribution in [-0.2, 0) is 24.6 Å². The quantitative estimate of drug-likeness (QED) is 0.252. The molecule has 10 heteroatoms. The highest BCUT2D eigenvalue weighted by Crippen LogP contribution is 2.13. The first kappa shape index (κ1) is 25.6. The SMILES string of the molecule is CN(/N=C/c1ccccc1F)c1cc(=O)n(Cc2ccc(F)c(F)c2)c(=O)n1COCc1ccccc1. The summed E-state index contributed by atoms with van der Waals surface area (Å²) in [5, 5.41) is 5.44. The van der Waals surface area contributed by atoms with Gasteiger partial charge < -0.3 is 4.74 Å². The van der Waals surface area contributed by atoms with Gasteiger partial charge in [-0.1, -0.05) is 54.6 Å². The fourth-order valence-electron chi connectivity index (χ4n) is 3.58. The van der Waals surface area contributed by atoms with Crippen LogP contribution in [0.15, 0.2) is 93.6 Å². The summed E-state index contributed by atoms with van der Waals surface area (Å²) in [6.45, 7) is -0.325. The van der Waals surface area contributed by atoms with E-state index in [1.165, 1.54) is 47.1 Å². The van der Waals surface area contributed by atoms with Gasteiger partial charge in [-0.2, -0.15) is 5.10 Å². The minimum Gasteiger partial charge on any atom is -0.356 e. The molecule has 0 bridgehead atoms. The highest BCUT2D eigenvalue weighted by atomic mass is 19.2. The van der Waals surface area contributed by atoms with E-state index in [1.807, 2.05) is 30.3 Å². The first-order valence-corrected chi connectivity index (χ1v) is 11.3. The van der Waals surface area contributed by atoms with E-state index >= 15 is 0 Å². The van der Waals surface area contributed by atoms with Crippen LogP contribution in [-0.4, -0.2) is 22.4 Å². The molecule has 0 aliphatic rings. The number of nitrogens with zero attached hydrogens (tertiary/aromatic N) is 4. The van der Waals surface area contributed by atoms with Crippen LogP contribution < -0.4 is 16.3 Å². The second kappa shape index (κ2) is 11.5. The van der Waals surface area contributed by atoms with Crippen molar-refractivity contribution in [2.45, 2.75) is 19.9 Å². The molecule has 0 aliphatic heterocycles. The van der Waals surface area contributed by atoms with E-state index < -0.39 is 28.7 Å². The normalized spacial score (nSPS) is 11.2. The van der Waals surface area contributed by atoms with E-state index in [0.717, 1.165) is 22.3 Å². The van der Waals surface area contributed by atoms with Crippen LogP contribution in [0.4, 0.5) is 19.0 Å². The first-order valence-electron chi connectivity index (χ1n) is 11.3. The monoisotopic (exact) mass is 508 g/mol. The van der Waals surface area contributed by atoms with Gasteiger partial charge in [0.2, 0.25) is 0 Å². The largest absolute Gasteiger partial charge is 0.356 e. The molecule has 0 aliphatic carbocycles. The van der Waals surface area contributed by atoms with Crippen molar-refractivity contribution in [2.24, 2.45) is 5.10 Å². The van der Waals surface area contributed by atoms with Crippen LogP contribution in [0.2, 0.25) is 0 Å². The Hall–Kier alpha value is -4.44. The number of halogens is 3. The Morgan fingerprint density at radius 1 is 0.838 bits per heavy atom. The van der Waals surface area contributed by atoms with Gasteiger partial charge in [0.25, 0.3) is 5.56 Å². The molecule has 0 unspecified atom stereocenters. The number of aromatic nitrogens is 2. The Morgan fingerprint density at radius 3 is 2.30 bits per heavy atom. The molecule has 0 fully saturated rings. The minimum atomic E-state index is -1.09. The summed E-state index contributed by atoms with van der Waals surface area (Å²) in [6, 6.07) is 19.6. The Labute approximate surface area is 210 Å². The van der Waals surface area contributed by atoms with E-state index in [1.54, 1.807) is 12.1 Å². The van der Waals surface area contributed by atoms with Gasteiger partial charge in [0.1, 0.15) is 18.4 Å². The lowest BCUT2D eigenvalue weighted by Crippen LogP contribution is -2.42. The molecule has 3 aromatic carbocycles. The average Bonchev–Trinajstić information content (AvgIpc) is 2.89. The van der Waals surface area contributed by atoms with Gasteiger partial charge in [-0.3, -0.25) is 18.9 Å². The first-order chi connectivity index (χ1) is 17.8. The topological polar surface area (TPSA) is 68.8 Å². The predicted molar refractivity (Wildman–Crippen MR) is 134 cm³/mol. The summed E-state index contributed by atoms with van der Waals surface area (Å²) in [5.74, 6) is -2.51. The Morgan fingerprint density at radius 2 is 1.57 bits per heavy atom. The van der Waals surface area contributed by atoms with Crippen LogP contribution in [0.5, 0.6) is 0 Å². The molecular weight excluding hydrogens is 485 g/mol. The molecule has 7 nitrogen and oxygen atoms in total. The maximum atomic E-state index is 14.0. The molecule has 0 amide bonds. The number of ether oxygens (including phenoxy) is 1. The number of anilines is 1. The highest BCUT2D eigenvalue weighted by Gasteiger charge is 2.16. The molecule has 0 radical (unpaired) electrons. The maximum absolute atomic E-state index is 14.0. The van der Waals surface area contributed by atoms with Gasteiger partial charge in [0.05, 0.1) is 19.4 Å². The van der Waals surface area contributed by atoms with Crippen LogP contribution >= 0.6 is 0 Å². The third-order valence-corrected chi connectivity index (χ3v) is 5.52. The van der Waals surface area contributed by atoms with Crippen molar-refractivity contribution in [1.82, 2.24) is 9.13 Å². The number of benzene rings is 3. The van der Waals surface area contributed by atoms with Gasteiger partial charge in [-0.05, 0) is 29.3 Å². The van der Waals surface area contributed by atoms with E-state index in [2.05, 4.69) is 5.10 Å². The maximum Gasteiger partial charge on any atom is 0.334 e. The molecular formula is C27H23F3N4O3. The molecule has 0 saturated heterocycles. The zero-order valence-corrected chi connectivity index (χ0v) is 19.9. The molecule has 0 spiro atoms. The fraction of sp³-hybridized carbons (Fsp3) is 0.148. The Balaban J connectivity index is 1.69. The van der Waals surface area contributed by atoms with Crippen molar-refractivity contribution in [3.05, 3.63) is 134 Å². The molecule has 0 atom stereocenters. The predicted octanol–water partition coefficient (Wildman–Crippen LogP) is 4.12. The second-order valence-electron chi connectivity index (χ2n) is 8.14. The van der Waals surface area contributed by atoms with Gasteiger partial charge >= 0.3 is 5.69 Å². The lowest BCUT2D eigenvalue weighted by atomic mass is 10.2. The van der Waals surface area contributed by atoms with Crippen molar-refractivity contribution in [3.8, 4) is 0 Å². The van der Waals surface area contributed by atoms with E-state index in [0.29, 0.717) is 0 Å². The van der Waals surface area contributed by atoms with Crippen molar-refractivity contribution >= 4 is 12.0 Å². The molecule has 1 heterocycles. The van der Waals surface area contributed by atoms with Crippen molar-refractivity contribution < 1.29 is 17.9 Å². The molecule has 4 aromatic rings. The smallest absolute Gasteiger partial charge is 0.334 e. The van der Waals surface area contributed by atoms with Crippen LogP contribution in [0, 0.1) is 17.5 Å². The van der Waals surface area contributed by atoms with E-state index in [4.69, 9.17) is 4.74 Å². The number of hydrazone groups is 1. The summed E-state index contributed by atoms with van der Waals surface area (Å²) in [7, 11) is 1.50. The van der Waals surface area contributed by atoms with Gasteiger partial charge in [0, 0.05) is 18.7 Å². The highest BCUT2D eigenvalue weighted by molar-refractivity contribution is 5.80. The second-order valence-corrected chi connectivity index (χ2v) is 8.14. The lowest BCUT2D eigenvalue weighted by molar-refractivity contribution is 0.0607. The number of rotatable bonds is 9. The Bertz CT molecular complexity index is 1530. The molecule has 37 heavy (non-hydrogen) atoms. The summed E-state index contributed by atoms with van der Waals surface area (Å²) in [5.41, 5.74) is -0.104. The van der Waals surface area contributed by atoms with Gasteiger partial charge in [0.15, 0.2) is 11.6 Å². The summed E-state index contributed by atoms with van der Waals surface area (Å²) in [4.78, 5) is 26.3. The third-order valence-electron chi connectivity index (χ3n) is 5.52. The van der Waals surface area contributed by atoms with Gasteiger partial charge in [-0.15, -0.1) is 0 Å². The van der Waals surface area contributed by atoms with Gasteiger partial charge in [-0.25, -0.2) is 18.0 Å². The zero-order valence-electron chi connectivity index (χ0n) is 19.9. The molecule has 190 valence electrons. The summed E-state index contributed by atoms with van der Waals surface area (Å²) in [6.07, 6.45) is 1.27. The molecule has 0 saturated carbocycles. The third kappa shape index (κ3) is 6.22. The molecule has 0 N–H and O–H groups in total. The van der Waals surface area contributed by atoms with Crippen LogP contribution in [0.1, 0.15) is 16.7 Å². The van der Waals surface area contributed by atoms with Crippen molar-refractivity contribution in [2.75, 3.05) is 12.1 Å². The zero-order chi connectivity index (χ0) is 26.4. The van der Waals surface area contributed by atoms with Crippen LogP contribution in [0.25, 0.3) is 0 Å². The fourth-order valence-corrected chi connectivity index (χ4v) is 3.58. The lowest BCUT2D eigenvalue weighted by Gasteiger charge is -2.20. The van der Waals surface area contributed by atoms with Crippen LogP contribution in [0.3, 0.4) is 0 Å². The standard InChI is InChI=1S/C27H23F3N4O3/c1-32(31-15-21-9-5-6-10-22(21)28)25-14-26(35)33(16-20-11-12-23(29)24(30)13-20)27(36)34(25)18-37-17-19-7-3-2-4-8-19/h2-15H,16-18H2,1H3/b31-15+. The van der Waals surface area contributed by atoms with E-state index in [-0.39, 0.29) is 36.8 Å². The van der Waals surface area contributed by atoms with Crippen molar-refractivity contribution in [3.63, 3.8) is 0 Å². The number of hydrogen-bond donors (Lipinski definition) is 0. The Kier molecular flexibility index (Phi) is 7.99. The summed E-state index contributed by atoms with van der Waals surface area (Å²) >= 11 is 0. The minimum absolute atomic E-state index is 0.0946. The summed E-state index contributed by atoms with van der Waals surface area (Å²) < 4.78 is 48.8. The average molecular weight is 509 g/mol. The number of hydrogen-bond acceptors (Lipinski definition) is 5. The molecule has 1 aromatic heterocycles. The van der Waals surface area contributed by atoms with Crippen molar-refractivity contribution in [1.29, 1.82) is 0 Å². The molecule has 4 rings (SSSR count). The van der Waals surface area contributed by atoms with E-state index in [9.17, 15) is 22.8 Å².